The fourth-order valence-corrected chi connectivity index (χ4v) is 5.58. The van der Waals surface area contributed by atoms with Crippen molar-refractivity contribution < 1.29 is 9.59 Å². The van der Waals surface area contributed by atoms with Gasteiger partial charge in [-0.25, -0.2) is 4.68 Å². The molecule has 3 unspecified atom stereocenters. The molecular formula is C21H24N4O2. The van der Waals surface area contributed by atoms with Gasteiger partial charge in [0.25, 0.3) is 5.91 Å². The van der Waals surface area contributed by atoms with Crippen molar-refractivity contribution in [1.29, 1.82) is 0 Å². The first-order valence-electron chi connectivity index (χ1n) is 9.78. The number of hydrogen-bond donors (Lipinski definition) is 2. The van der Waals surface area contributed by atoms with Crippen molar-refractivity contribution in [2.45, 2.75) is 32.2 Å². The second kappa shape index (κ2) is 5.94. The molecule has 1 heterocycles. The minimum absolute atomic E-state index is 0.0545. The number of carbonyl (C=O) groups is 2. The maximum atomic E-state index is 12.7. The summed E-state index contributed by atoms with van der Waals surface area (Å²) in [5, 5.41) is 10.3. The minimum Gasteiger partial charge on any atom is -0.354 e. The number of hydrogen-bond acceptors (Lipinski definition) is 3. The Balaban J connectivity index is 1.20. The molecule has 4 aliphatic carbocycles. The zero-order valence-corrected chi connectivity index (χ0v) is 15.4. The predicted octanol–water partition coefficient (Wildman–Crippen LogP) is 2.15. The molecule has 6 nitrogen and oxygen atoms in total. The summed E-state index contributed by atoms with van der Waals surface area (Å²) in [5.41, 5.74) is 1.25. The number of aromatic nitrogens is 2. The molecule has 2 N–H and O–H groups in total. The van der Waals surface area contributed by atoms with Crippen molar-refractivity contribution in [2.75, 3.05) is 6.54 Å². The summed E-state index contributed by atoms with van der Waals surface area (Å²) in [4.78, 5) is 25.4. The molecular weight excluding hydrogens is 340 g/mol. The Labute approximate surface area is 158 Å². The number of para-hydroxylation sites is 1. The smallest absolute Gasteiger partial charge is 0.253 e. The van der Waals surface area contributed by atoms with Gasteiger partial charge >= 0.3 is 0 Å². The topological polar surface area (TPSA) is 76.0 Å². The van der Waals surface area contributed by atoms with Gasteiger partial charge in [-0.15, -0.1) is 0 Å². The van der Waals surface area contributed by atoms with Gasteiger partial charge in [0.2, 0.25) is 5.91 Å². The first-order valence-corrected chi connectivity index (χ1v) is 9.78. The molecule has 6 rings (SSSR count). The third-order valence-corrected chi connectivity index (χ3v) is 6.77. The van der Waals surface area contributed by atoms with E-state index in [0.717, 1.165) is 18.0 Å². The van der Waals surface area contributed by atoms with E-state index < -0.39 is 0 Å². The Bertz CT molecular complexity index is 879. The van der Waals surface area contributed by atoms with Gasteiger partial charge in [-0.1, -0.05) is 12.1 Å². The standard InChI is InChI=1S/C21H24N4O2/c1-13(12-22-20(27)21-11-14-9-16(21)17(21)10-14)24-19(26)15-5-2-3-6-18(15)25-8-4-7-23-25/h2-8,13-14,16-17H,9-12H2,1H3,(H,22,27)(H,24,26). The summed E-state index contributed by atoms with van der Waals surface area (Å²) >= 11 is 0. The highest BCUT2D eigenvalue weighted by Crippen LogP contribution is 2.79. The van der Waals surface area contributed by atoms with E-state index in [1.165, 1.54) is 12.8 Å². The molecule has 0 saturated heterocycles. The lowest BCUT2D eigenvalue weighted by molar-refractivity contribution is -0.126. The molecule has 2 aromatic rings. The number of rotatable bonds is 6. The van der Waals surface area contributed by atoms with Gasteiger partial charge in [0, 0.05) is 25.0 Å². The Morgan fingerprint density at radius 1 is 1.26 bits per heavy atom. The third-order valence-electron chi connectivity index (χ3n) is 6.77. The molecule has 6 heteroatoms. The van der Waals surface area contributed by atoms with Crippen LogP contribution in [0.4, 0.5) is 0 Å². The molecule has 4 bridgehead atoms. The minimum atomic E-state index is -0.159. The van der Waals surface area contributed by atoms with E-state index >= 15 is 0 Å². The Kier molecular flexibility index (Phi) is 3.64. The third kappa shape index (κ3) is 2.50. The monoisotopic (exact) mass is 364 g/mol. The summed E-state index contributed by atoms with van der Waals surface area (Å²) in [6, 6.07) is 9.06. The average molecular weight is 364 g/mol. The van der Waals surface area contributed by atoms with Crippen LogP contribution in [-0.2, 0) is 4.79 Å². The van der Waals surface area contributed by atoms with Gasteiger partial charge in [-0.05, 0) is 62.1 Å². The molecule has 2 amide bonds. The molecule has 27 heavy (non-hydrogen) atoms. The number of carbonyl (C=O) groups excluding carboxylic acids is 2. The van der Waals surface area contributed by atoms with Gasteiger partial charge in [-0.3, -0.25) is 9.59 Å². The van der Waals surface area contributed by atoms with Gasteiger partial charge in [0.05, 0.1) is 16.7 Å². The van der Waals surface area contributed by atoms with Crippen molar-refractivity contribution in [3.05, 3.63) is 48.3 Å². The van der Waals surface area contributed by atoms with E-state index in [2.05, 4.69) is 15.7 Å². The number of nitrogens with one attached hydrogen (secondary N) is 2. The zero-order chi connectivity index (χ0) is 18.6. The van der Waals surface area contributed by atoms with Crippen LogP contribution >= 0.6 is 0 Å². The second-order valence-electron chi connectivity index (χ2n) is 8.35. The van der Waals surface area contributed by atoms with Crippen LogP contribution in [0.5, 0.6) is 0 Å². The quantitative estimate of drug-likeness (QED) is 0.825. The summed E-state index contributed by atoms with van der Waals surface area (Å²) in [5.74, 6) is 2.09. The van der Waals surface area contributed by atoms with Crippen LogP contribution in [0, 0.1) is 23.2 Å². The largest absolute Gasteiger partial charge is 0.354 e. The normalized spacial score (nSPS) is 30.8. The SMILES string of the molecule is CC(CNC(=O)C12CC3CC1C2C3)NC(=O)c1ccccc1-n1cccn1. The lowest BCUT2D eigenvalue weighted by Crippen LogP contribution is -2.44. The van der Waals surface area contributed by atoms with Gasteiger partial charge in [0.15, 0.2) is 0 Å². The Hall–Kier alpha value is -2.63. The van der Waals surface area contributed by atoms with Crippen molar-refractivity contribution >= 4 is 11.8 Å². The van der Waals surface area contributed by atoms with Gasteiger partial charge < -0.3 is 10.6 Å². The summed E-state index contributed by atoms with van der Waals surface area (Å²) in [6.07, 6.45) is 7.06. The lowest BCUT2D eigenvalue weighted by Gasteiger charge is -2.18. The van der Waals surface area contributed by atoms with E-state index in [0.29, 0.717) is 23.9 Å². The van der Waals surface area contributed by atoms with E-state index in [9.17, 15) is 9.59 Å². The molecule has 0 radical (unpaired) electrons. The average Bonchev–Trinajstić information content (AvgIpc) is 3.30. The van der Waals surface area contributed by atoms with Crippen LogP contribution in [0.25, 0.3) is 5.69 Å². The van der Waals surface area contributed by atoms with Crippen LogP contribution < -0.4 is 10.6 Å². The molecule has 1 aromatic heterocycles. The maximum absolute atomic E-state index is 12.7. The summed E-state index contributed by atoms with van der Waals surface area (Å²) in [6.45, 7) is 2.38. The van der Waals surface area contributed by atoms with E-state index in [1.54, 1.807) is 16.9 Å². The highest BCUT2D eigenvalue weighted by Gasteiger charge is 2.77. The Morgan fingerprint density at radius 2 is 2.04 bits per heavy atom. The molecule has 0 spiro atoms. The lowest BCUT2D eigenvalue weighted by atomic mass is 10.0. The molecule has 140 valence electrons. The maximum Gasteiger partial charge on any atom is 0.253 e. The van der Waals surface area contributed by atoms with Crippen LogP contribution in [0.15, 0.2) is 42.7 Å². The highest BCUT2D eigenvalue weighted by molar-refractivity contribution is 5.98. The van der Waals surface area contributed by atoms with Crippen molar-refractivity contribution in [1.82, 2.24) is 20.4 Å². The molecule has 3 atom stereocenters. The summed E-state index contributed by atoms with van der Waals surface area (Å²) < 4.78 is 1.68. The van der Waals surface area contributed by atoms with Gasteiger partial charge in [0.1, 0.15) is 0 Å². The Morgan fingerprint density at radius 3 is 2.70 bits per heavy atom. The van der Waals surface area contributed by atoms with Crippen molar-refractivity contribution in [2.24, 2.45) is 23.2 Å². The molecule has 4 fully saturated rings. The number of amides is 2. The second-order valence-corrected chi connectivity index (χ2v) is 8.35. The van der Waals surface area contributed by atoms with E-state index in [-0.39, 0.29) is 23.3 Å². The fourth-order valence-electron chi connectivity index (χ4n) is 5.58. The zero-order valence-electron chi connectivity index (χ0n) is 15.4. The fraction of sp³-hybridized carbons (Fsp3) is 0.476. The van der Waals surface area contributed by atoms with E-state index in [1.807, 2.05) is 37.4 Å². The van der Waals surface area contributed by atoms with Gasteiger partial charge in [-0.2, -0.15) is 5.10 Å². The molecule has 4 aliphatic rings. The number of nitrogens with zero attached hydrogens (tertiary/aromatic N) is 2. The molecule has 1 aromatic carbocycles. The summed E-state index contributed by atoms with van der Waals surface area (Å²) in [7, 11) is 0. The van der Waals surface area contributed by atoms with Crippen LogP contribution in [0.3, 0.4) is 0 Å². The number of benzene rings is 1. The first-order chi connectivity index (χ1) is 13.1. The van der Waals surface area contributed by atoms with E-state index in [4.69, 9.17) is 0 Å². The van der Waals surface area contributed by atoms with Crippen molar-refractivity contribution in [3.63, 3.8) is 0 Å². The predicted molar refractivity (Wildman–Crippen MR) is 100 cm³/mol. The van der Waals surface area contributed by atoms with Crippen LogP contribution in [0.2, 0.25) is 0 Å². The first kappa shape index (κ1) is 16.5. The molecule has 4 saturated carbocycles. The van der Waals surface area contributed by atoms with Crippen LogP contribution in [-0.4, -0.2) is 34.2 Å². The highest BCUT2D eigenvalue weighted by atomic mass is 16.2. The van der Waals surface area contributed by atoms with Crippen LogP contribution in [0.1, 0.15) is 36.5 Å². The molecule has 0 aliphatic heterocycles. The van der Waals surface area contributed by atoms with Crippen molar-refractivity contribution in [3.8, 4) is 5.69 Å².